The van der Waals surface area contributed by atoms with E-state index in [-0.39, 0.29) is 28.7 Å². The molecule has 0 fully saturated rings. The van der Waals surface area contributed by atoms with E-state index in [1.54, 1.807) is 0 Å². The minimum absolute atomic E-state index is 0.124. The summed E-state index contributed by atoms with van der Waals surface area (Å²) in [6.07, 6.45) is 0. The lowest BCUT2D eigenvalue weighted by molar-refractivity contribution is -0.0511. The van der Waals surface area contributed by atoms with Crippen molar-refractivity contribution in [3.8, 4) is 11.5 Å². The van der Waals surface area contributed by atoms with Gasteiger partial charge in [-0.1, -0.05) is 0 Å². The average Bonchev–Trinajstić information content (AvgIpc) is 2.85. The molecule has 7 nitrogen and oxygen atoms in total. The van der Waals surface area contributed by atoms with E-state index in [9.17, 15) is 13.6 Å². The molecule has 0 spiro atoms. The molecule has 9 heteroatoms. The first-order chi connectivity index (χ1) is 9.99. The number of carbonyl (C=O) groups is 1. The van der Waals surface area contributed by atoms with Gasteiger partial charge in [-0.2, -0.15) is 13.9 Å². The zero-order valence-electron chi connectivity index (χ0n) is 10.9. The summed E-state index contributed by atoms with van der Waals surface area (Å²) < 4.78 is 33.8. The van der Waals surface area contributed by atoms with Crippen molar-refractivity contribution in [3.05, 3.63) is 30.0 Å². The third kappa shape index (κ3) is 3.59. The molecule has 0 aliphatic rings. The van der Waals surface area contributed by atoms with Crippen LogP contribution in [0.4, 0.5) is 20.3 Å². The molecule has 0 atom stereocenters. The summed E-state index contributed by atoms with van der Waals surface area (Å²) in [7, 11) is 1.32. The van der Waals surface area contributed by atoms with E-state index in [1.165, 1.54) is 31.4 Å². The van der Waals surface area contributed by atoms with E-state index in [2.05, 4.69) is 20.3 Å². The SMILES string of the molecule is COc1ccc(NC(=O)c2cc(N)n[nH]2)cc1OC(F)F. The number of hydrogen-bond donors (Lipinski definition) is 3. The summed E-state index contributed by atoms with van der Waals surface area (Å²) in [5, 5.41) is 8.53. The number of carbonyl (C=O) groups excluding carboxylic acids is 1. The Morgan fingerprint density at radius 3 is 2.71 bits per heavy atom. The largest absolute Gasteiger partial charge is 0.493 e. The number of aromatic nitrogens is 2. The molecular formula is C12H12F2N4O3. The molecule has 2 aromatic rings. The van der Waals surface area contributed by atoms with Gasteiger partial charge in [-0.25, -0.2) is 0 Å². The number of alkyl halides is 2. The van der Waals surface area contributed by atoms with Crippen LogP contribution in [0.1, 0.15) is 10.5 Å². The second-order valence-corrected chi connectivity index (χ2v) is 3.90. The fourth-order valence-electron chi connectivity index (χ4n) is 1.59. The molecule has 4 N–H and O–H groups in total. The number of methoxy groups -OCH3 is 1. The Bertz CT molecular complexity index is 645. The summed E-state index contributed by atoms with van der Waals surface area (Å²) in [5.74, 6) is -0.419. The molecule has 0 unspecified atom stereocenters. The summed E-state index contributed by atoms with van der Waals surface area (Å²) in [6.45, 7) is -3.00. The van der Waals surface area contributed by atoms with Crippen LogP contribution in [0.5, 0.6) is 11.5 Å². The van der Waals surface area contributed by atoms with Gasteiger partial charge in [0.15, 0.2) is 11.5 Å². The van der Waals surface area contributed by atoms with Crippen LogP contribution < -0.4 is 20.5 Å². The highest BCUT2D eigenvalue weighted by Crippen LogP contribution is 2.31. The molecule has 112 valence electrons. The minimum Gasteiger partial charge on any atom is -0.493 e. The lowest BCUT2D eigenvalue weighted by atomic mass is 10.2. The van der Waals surface area contributed by atoms with Crippen LogP contribution >= 0.6 is 0 Å². The van der Waals surface area contributed by atoms with Crippen LogP contribution in [-0.2, 0) is 0 Å². The molecule has 1 aromatic heterocycles. The topological polar surface area (TPSA) is 102 Å². The molecule has 0 saturated carbocycles. The highest BCUT2D eigenvalue weighted by Gasteiger charge is 2.14. The number of aromatic amines is 1. The molecule has 0 bridgehead atoms. The zero-order chi connectivity index (χ0) is 15.4. The number of nitrogens with one attached hydrogen (secondary N) is 2. The fourth-order valence-corrected chi connectivity index (χ4v) is 1.59. The van der Waals surface area contributed by atoms with Crippen molar-refractivity contribution < 1.29 is 23.0 Å². The van der Waals surface area contributed by atoms with Gasteiger partial charge < -0.3 is 20.5 Å². The first-order valence-electron chi connectivity index (χ1n) is 5.74. The van der Waals surface area contributed by atoms with Gasteiger partial charge in [-0.05, 0) is 12.1 Å². The maximum atomic E-state index is 12.3. The lowest BCUT2D eigenvalue weighted by Crippen LogP contribution is -2.13. The second-order valence-electron chi connectivity index (χ2n) is 3.90. The molecule has 1 aromatic carbocycles. The number of benzene rings is 1. The molecule has 21 heavy (non-hydrogen) atoms. The number of H-pyrrole nitrogens is 1. The number of halogens is 2. The van der Waals surface area contributed by atoms with Crippen LogP contribution in [0, 0.1) is 0 Å². The van der Waals surface area contributed by atoms with Crippen LogP contribution in [0.15, 0.2) is 24.3 Å². The van der Waals surface area contributed by atoms with Crippen molar-refractivity contribution in [1.29, 1.82) is 0 Å². The smallest absolute Gasteiger partial charge is 0.387 e. The average molecular weight is 298 g/mol. The quantitative estimate of drug-likeness (QED) is 0.782. The maximum absolute atomic E-state index is 12.3. The van der Waals surface area contributed by atoms with Gasteiger partial charge in [0, 0.05) is 17.8 Å². The number of nitrogens with zero attached hydrogens (tertiary/aromatic N) is 1. The summed E-state index contributed by atoms with van der Waals surface area (Å²) in [6, 6.07) is 5.45. The van der Waals surface area contributed by atoms with E-state index < -0.39 is 12.5 Å². The van der Waals surface area contributed by atoms with Crippen molar-refractivity contribution in [1.82, 2.24) is 10.2 Å². The molecule has 0 aliphatic carbocycles. The fraction of sp³-hybridized carbons (Fsp3) is 0.167. The third-order valence-corrected chi connectivity index (χ3v) is 2.48. The number of amides is 1. The van der Waals surface area contributed by atoms with Crippen molar-refractivity contribution >= 4 is 17.4 Å². The third-order valence-electron chi connectivity index (χ3n) is 2.48. The van der Waals surface area contributed by atoms with Gasteiger partial charge in [0.1, 0.15) is 11.5 Å². The highest BCUT2D eigenvalue weighted by molar-refractivity contribution is 6.03. The number of hydrogen-bond acceptors (Lipinski definition) is 5. The first-order valence-corrected chi connectivity index (χ1v) is 5.74. The Balaban J connectivity index is 2.18. The van der Waals surface area contributed by atoms with Crippen molar-refractivity contribution in [2.45, 2.75) is 6.61 Å². The minimum atomic E-state index is -3.00. The summed E-state index contributed by atoms with van der Waals surface area (Å²) >= 11 is 0. The van der Waals surface area contributed by atoms with E-state index >= 15 is 0 Å². The van der Waals surface area contributed by atoms with E-state index in [1.807, 2.05) is 0 Å². The maximum Gasteiger partial charge on any atom is 0.387 e. The first kappa shape index (κ1) is 14.6. The van der Waals surface area contributed by atoms with E-state index in [0.29, 0.717) is 0 Å². The Kier molecular flexibility index (Phi) is 4.21. The predicted molar refractivity (Wildman–Crippen MR) is 70.6 cm³/mol. The predicted octanol–water partition coefficient (Wildman–Crippen LogP) is 1.85. The molecule has 2 rings (SSSR count). The van der Waals surface area contributed by atoms with Crippen LogP contribution in [0.2, 0.25) is 0 Å². The van der Waals surface area contributed by atoms with Gasteiger partial charge >= 0.3 is 6.61 Å². The Hall–Kier alpha value is -2.84. The van der Waals surface area contributed by atoms with E-state index in [4.69, 9.17) is 10.5 Å². The Morgan fingerprint density at radius 2 is 2.14 bits per heavy atom. The van der Waals surface area contributed by atoms with Crippen LogP contribution in [0.3, 0.4) is 0 Å². The lowest BCUT2D eigenvalue weighted by Gasteiger charge is -2.11. The second kappa shape index (κ2) is 6.07. The monoisotopic (exact) mass is 298 g/mol. The Morgan fingerprint density at radius 1 is 1.38 bits per heavy atom. The van der Waals surface area contributed by atoms with Crippen molar-refractivity contribution in [2.24, 2.45) is 0 Å². The normalized spacial score (nSPS) is 10.5. The number of ether oxygens (including phenoxy) is 2. The number of anilines is 2. The highest BCUT2D eigenvalue weighted by atomic mass is 19.3. The Labute approximate surface area is 118 Å². The van der Waals surface area contributed by atoms with Crippen LogP contribution in [0.25, 0.3) is 0 Å². The van der Waals surface area contributed by atoms with E-state index in [0.717, 1.165) is 0 Å². The number of rotatable bonds is 5. The molecule has 0 saturated heterocycles. The summed E-state index contributed by atoms with van der Waals surface area (Å²) in [4.78, 5) is 11.9. The zero-order valence-corrected chi connectivity index (χ0v) is 10.9. The number of nitrogen functional groups attached to an aromatic ring is 1. The summed E-state index contributed by atoms with van der Waals surface area (Å²) in [5.41, 5.74) is 5.78. The standard InChI is InChI=1S/C12H12F2N4O3/c1-20-8-3-2-6(4-9(8)21-12(13)14)16-11(19)7-5-10(15)18-17-7/h2-5,12H,1H3,(H,16,19)(H3,15,17,18). The van der Waals surface area contributed by atoms with Crippen molar-refractivity contribution in [3.63, 3.8) is 0 Å². The number of nitrogens with two attached hydrogens (primary N) is 1. The van der Waals surface area contributed by atoms with Gasteiger partial charge in [0.2, 0.25) is 0 Å². The van der Waals surface area contributed by atoms with Gasteiger partial charge in [-0.3, -0.25) is 9.89 Å². The molecule has 0 aliphatic heterocycles. The van der Waals surface area contributed by atoms with Gasteiger partial charge in [-0.15, -0.1) is 0 Å². The molecule has 1 heterocycles. The molecule has 0 radical (unpaired) electrons. The van der Waals surface area contributed by atoms with Crippen molar-refractivity contribution in [2.75, 3.05) is 18.2 Å². The van der Waals surface area contributed by atoms with Crippen LogP contribution in [-0.4, -0.2) is 29.8 Å². The molecular weight excluding hydrogens is 286 g/mol. The van der Waals surface area contributed by atoms with Gasteiger partial charge in [0.25, 0.3) is 5.91 Å². The molecule has 1 amide bonds. The van der Waals surface area contributed by atoms with Gasteiger partial charge in [0.05, 0.1) is 7.11 Å².